The van der Waals surface area contributed by atoms with Crippen LogP contribution in [0, 0.1) is 0 Å². The van der Waals surface area contributed by atoms with Crippen LogP contribution in [0.15, 0.2) is 102 Å². The number of sulfonamides is 1. The molecule has 4 aromatic rings. The number of rotatable bonds is 12. The van der Waals surface area contributed by atoms with Gasteiger partial charge in [0.2, 0.25) is 5.91 Å². The third-order valence-electron chi connectivity index (χ3n) is 5.78. The predicted octanol–water partition coefficient (Wildman–Crippen LogP) is 5.73. The molecule has 0 saturated heterocycles. The van der Waals surface area contributed by atoms with Gasteiger partial charge in [-0.15, -0.1) is 0 Å². The van der Waals surface area contributed by atoms with E-state index in [4.69, 9.17) is 18.9 Å². The molecule has 1 N–H and O–H groups in total. The Balaban J connectivity index is 1.57. The standard InChI is InChI=1S/C30H30N2O7S/c1-4-38-24-16-12-23(13-17-24)32(40(34,35)27-18-19-28(36-2)29(20-27)37-3)21-30(33)31-22-10-14-26(15-11-22)39-25-8-6-5-7-9-25/h5-20H,4,21H2,1-3H3,(H,31,33). The van der Waals surface area contributed by atoms with Crippen molar-refractivity contribution in [3.05, 3.63) is 97.1 Å². The number of para-hydroxylation sites is 1. The zero-order chi connectivity index (χ0) is 28.5. The topological polar surface area (TPSA) is 103 Å². The highest BCUT2D eigenvalue weighted by atomic mass is 32.2. The molecule has 1 amide bonds. The summed E-state index contributed by atoms with van der Waals surface area (Å²) >= 11 is 0. The lowest BCUT2D eigenvalue weighted by molar-refractivity contribution is -0.114. The lowest BCUT2D eigenvalue weighted by Crippen LogP contribution is -2.38. The van der Waals surface area contributed by atoms with Crippen molar-refractivity contribution in [3.8, 4) is 28.7 Å². The normalized spacial score (nSPS) is 10.9. The van der Waals surface area contributed by atoms with Crippen molar-refractivity contribution in [2.24, 2.45) is 0 Å². The summed E-state index contributed by atoms with van der Waals surface area (Å²) in [5.41, 5.74) is 0.778. The van der Waals surface area contributed by atoms with Gasteiger partial charge in [-0.05, 0) is 79.7 Å². The minimum Gasteiger partial charge on any atom is -0.494 e. The van der Waals surface area contributed by atoms with Gasteiger partial charge >= 0.3 is 0 Å². The van der Waals surface area contributed by atoms with Gasteiger partial charge in [-0.25, -0.2) is 8.42 Å². The van der Waals surface area contributed by atoms with Gasteiger partial charge in [0, 0.05) is 11.8 Å². The van der Waals surface area contributed by atoms with Gasteiger partial charge in [0.15, 0.2) is 11.5 Å². The highest BCUT2D eigenvalue weighted by Gasteiger charge is 2.28. The highest BCUT2D eigenvalue weighted by Crippen LogP contribution is 2.33. The van der Waals surface area contributed by atoms with E-state index >= 15 is 0 Å². The van der Waals surface area contributed by atoms with Gasteiger partial charge in [-0.1, -0.05) is 18.2 Å². The number of hydrogen-bond donors (Lipinski definition) is 1. The second-order valence-corrected chi connectivity index (χ2v) is 10.3. The average Bonchev–Trinajstić information content (AvgIpc) is 2.97. The van der Waals surface area contributed by atoms with Crippen molar-refractivity contribution < 1.29 is 32.2 Å². The summed E-state index contributed by atoms with van der Waals surface area (Å²) in [5, 5.41) is 2.76. The SMILES string of the molecule is CCOc1ccc(N(CC(=O)Nc2ccc(Oc3ccccc3)cc2)S(=O)(=O)c2ccc(OC)c(OC)c2)cc1. The van der Waals surface area contributed by atoms with Crippen LogP contribution < -0.4 is 28.6 Å². The molecule has 0 saturated carbocycles. The largest absolute Gasteiger partial charge is 0.494 e. The van der Waals surface area contributed by atoms with Crippen molar-refractivity contribution in [3.63, 3.8) is 0 Å². The fourth-order valence-corrected chi connectivity index (χ4v) is 5.29. The maximum atomic E-state index is 13.8. The number of carbonyl (C=O) groups excluding carboxylic acids is 1. The molecule has 0 aliphatic heterocycles. The second-order valence-electron chi connectivity index (χ2n) is 8.44. The molecule has 0 unspecified atom stereocenters. The van der Waals surface area contributed by atoms with Crippen LogP contribution in [-0.2, 0) is 14.8 Å². The first-order chi connectivity index (χ1) is 19.3. The van der Waals surface area contributed by atoms with Crippen LogP contribution in [0.25, 0.3) is 0 Å². The summed E-state index contributed by atoms with van der Waals surface area (Å²) in [5.74, 6) is 1.96. The zero-order valence-corrected chi connectivity index (χ0v) is 23.2. The molecule has 0 bridgehead atoms. The molecule has 0 spiro atoms. The Morgan fingerprint density at radius 2 is 1.40 bits per heavy atom. The smallest absolute Gasteiger partial charge is 0.264 e. The number of amides is 1. The molecule has 0 aromatic heterocycles. The summed E-state index contributed by atoms with van der Waals surface area (Å²) in [6, 6.07) is 26.9. The highest BCUT2D eigenvalue weighted by molar-refractivity contribution is 7.92. The maximum absolute atomic E-state index is 13.8. The summed E-state index contributed by atoms with van der Waals surface area (Å²) in [4.78, 5) is 13.1. The third-order valence-corrected chi connectivity index (χ3v) is 7.55. The van der Waals surface area contributed by atoms with Crippen molar-refractivity contribution in [2.45, 2.75) is 11.8 Å². The number of hydrogen-bond acceptors (Lipinski definition) is 7. The van der Waals surface area contributed by atoms with Crippen LogP contribution >= 0.6 is 0 Å². The quantitative estimate of drug-likeness (QED) is 0.235. The van der Waals surface area contributed by atoms with Gasteiger partial charge in [-0.2, -0.15) is 0 Å². The number of methoxy groups -OCH3 is 2. The maximum Gasteiger partial charge on any atom is 0.264 e. The zero-order valence-electron chi connectivity index (χ0n) is 22.4. The molecule has 0 aliphatic rings. The molecule has 4 rings (SSSR count). The van der Waals surface area contributed by atoms with E-state index in [-0.39, 0.29) is 10.6 Å². The third kappa shape index (κ3) is 6.83. The first-order valence-corrected chi connectivity index (χ1v) is 13.9. The van der Waals surface area contributed by atoms with Gasteiger partial charge in [0.05, 0.1) is 31.4 Å². The van der Waals surface area contributed by atoms with E-state index < -0.39 is 22.5 Å². The lowest BCUT2D eigenvalue weighted by Gasteiger charge is -2.25. The van der Waals surface area contributed by atoms with Crippen molar-refractivity contribution in [1.29, 1.82) is 0 Å². The van der Waals surface area contributed by atoms with Gasteiger partial charge < -0.3 is 24.3 Å². The second kappa shape index (κ2) is 12.9. The van der Waals surface area contributed by atoms with E-state index in [9.17, 15) is 13.2 Å². The summed E-state index contributed by atoms with van der Waals surface area (Å²) < 4.78 is 50.5. The first kappa shape index (κ1) is 28.3. The Morgan fingerprint density at radius 3 is 2.02 bits per heavy atom. The van der Waals surface area contributed by atoms with Gasteiger partial charge in [0.1, 0.15) is 23.8 Å². The van der Waals surface area contributed by atoms with E-state index in [1.807, 2.05) is 37.3 Å². The van der Waals surface area contributed by atoms with Crippen LogP contribution in [0.3, 0.4) is 0 Å². The summed E-state index contributed by atoms with van der Waals surface area (Å²) in [7, 11) is -1.31. The van der Waals surface area contributed by atoms with E-state index in [0.29, 0.717) is 41.0 Å². The fraction of sp³-hybridized carbons (Fsp3) is 0.167. The minimum absolute atomic E-state index is 0.0609. The number of benzene rings is 4. The molecular weight excluding hydrogens is 532 g/mol. The van der Waals surface area contributed by atoms with Crippen LogP contribution in [0.5, 0.6) is 28.7 Å². The molecule has 0 heterocycles. The molecule has 0 aliphatic carbocycles. The van der Waals surface area contributed by atoms with Crippen LogP contribution in [-0.4, -0.2) is 41.7 Å². The van der Waals surface area contributed by atoms with Crippen molar-refractivity contribution in [1.82, 2.24) is 0 Å². The average molecular weight is 563 g/mol. The lowest BCUT2D eigenvalue weighted by atomic mass is 10.3. The van der Waals surface area contributed by atoms with E-state index in [2.05, 4.69) is 5.32 Å². The monoisotopic (exact) mass is 562 g/mol. The predicted molar refractivity (Wildman–Crippen MR) is 153 cm³/mol. The van der Waals surface area contributed by atoms with E-state index in [1.165, 1.54) is 32.4 Å². The summed E-state index contributed by atoms with van der Waals surface area (Å²) in [6.45, 7) is 1.84. The summed E-state index contributed by atoms with van der Waals surface area (Å²) in [6.07, 6.45) is 0. The Hall–Kier alpha value is -4.70. The van der Waals surface area contributed by atoms with E-state index in [1.54, 1.807) is 48.5 Å². The number of carbonyl (C=O) groups is 1. The first-order valence-electron chi connectivity index (χ1n) is 12.4. The minimum atomic E-state index is -4.19. The Kier molecular flexibility index (Phi) is 9.13. The molecule has 10 heteroatoms. The molecule has 0 fully saturated rings. The molecule has 0 radical (unpaired) electrons. The molecule has 0 atom stereocenters. The van der Waals surface area contributed by atoms with Crippen LogP contribution in [0.2, 0.25) is 0 Å². The van der Waals surface area contributed by atoms with E-state index in [0.717, 1.165) is 4.31 Å². The number of ether oxygens (including phenoxy) is 4. The van der Waals surface area contributed by atoms with Gasteiger partial charge in [-0.3, -0.25) is 9.10 Å². The van der Waals surface area contributed by atoms with Crippen LogP contribution in [0.1, 0.15) is 6.92 Å². The Labute approximate surface area is 233 Å². The molecule has 208 valence electrons. The van der Waals surface area contributed by atoms with Crippen molar-refractivity contribution in [2.75, 3.05) is 37.0 Å². The molecule has 9 nitrogen and oxygen atoms in total. The molecule has 4 aromatic carbocycles. The Morgan fingerprint density at radius 1 is 0.775 bits per heavy atom. The van der Waals surface area contributed by atoms with Crippen LogP contribution in [0.4, 0.5) is 11.4 Å². The number of anilines is 2. The number of nitrogens with zero attached hydrogens (tertiary/aromatic N) is 1. The number of nitrogens with one attached hydrogen (secondary N) is 1. The molecule has 40 heavy (non-hydrogen) atoms. The Bertz CT molecular complexity index is 1530. The molecular formula is C30H30N2O7S. The fourth-order valence-electron chi connectivity index (χ4n) is 3.86. The van der Waals surface area contributed by atoms with Crippen molar-refractivity contribution >= 4 is 27.3 Å². The van der Waals surface area contributed by atoms with Gasteiger partial charge in [0.25, 0.3) is 10.0 Å².